The minimum atomic E-state index is 0.0445. The number of unbranched alkanes of at least 4 members (excludes halogenated alkanes) is 1. The minimum Gasteiger partial charge on any atom is -0.322 e. The van der Waals surface area contributed by atoms with E-state index in [9.17, 15) is 4.79 Å². The zero-order chi connectivity index (χ0) is 14.5. The molecule has 1 N–H and O–H groups in total. The molecule has 0 saturated carbocycles. The number of carbonyl (C=O) groups is 1. The van der Waals surface area contributed by atoms with E-state index >= 15 is 0 Å². The lowest BCUT2D eigenvalue weighted by Gasteiger charge is -2.26. The van der Waals surface area contributed by atoms with Crippen LogP contribution in [0.5, 0.6) is 0 Å². The maximum absolute atomic E-state index is 12.1. The first-order valence-electron chi connectivity index (χ1n) is 7.32. The van der Waals surface area contributed by atoms with Gasteiger partial charge in [-0.25, -0.2) is 0 Å². The van der Waals surface area contributed by atoms with Gasteiger partial charge < -0.3 is 9.80 Å². The van der Waals surface area contributed by atoms with Crippen molar-refractivity contribution in [1.82, 2.24) is 15.1 Å². The molecule has 0 spiro atoms. The molecule has 1 atom stereocenters. The number of amides is 1. The second-order valence-corrected chi connectivity index (χ2v) is 5.74. The van der Waals surface area contributed by atoms with Crippen LogP contribution >= 0.6 is 0 Å². The van der Waals surface area contributed by atoms with Crippen molar-refractivity contribution in [3.63, 3.8) is 0 Å². The number of nitrogens with zero attached hydrogens (tertiary/aromatic N) is 2. The van der Waals surface area contributed by atoms with Gasteiger partial charge in [0.25, 0.3) is 0 Å². The predicted octanol–water partition coefficient (Wildman–Crippen LogP) is 1.77. The molecular formula is C16H25N3O. The van der Waals surface area contributed by atoms with Crippen LogP contribution in [-0.4, -0.2) is 49.4 Å². The number of benzene rings is 1. The van der Waals surface area contributed by atoms with E-state index in [1.54, 1.807) is 0 Å². The molecule has 110 valence electrons. The quantitative estimate of drug-likeness (QED) is 0.804. The molecule has 1 fully saturated rings. The first kappa shape index (κ1) is 15.0. The summed E-state index contributed by atoms with van der Waals surface area (Å²) in [6, 6.07) is 8.29. The van der Waals surface area contributed by atoms with E-state index in [1.807, 2.05) is 17.0 Å². The number of hydrogen-bond acceptors (Lipinski definition) is 3. The van der Waals surface area contributed by atoms with Gasteiger partial charge in [0, 0.05) is 6.54 Å². The Hall–Kier alpha value is -1.39. The van der Waals surface area contributed by atoms with Crippen molar-refractivity contribution >= 4 is 5.91 Å². The van der Waals surface area contributed by atoms with Gasteiger partial charge >= 0.3 is 0 Å². The summed E-state index contributed by atoms with van der Waals surface area (Å²) in [5.41, 5.74) is 2.45. The van der Waals surface area contributed by atoms with Gasteiger partial charge in [-0.2, -0.15) is 0 Å². The highest BCUT2D eigenvalue weighted by molar-refractivity contribution is 5.81. The number of nitrogens with one attached hydrogen (secondary N) is 1. The van der Waals surface area contributed by atoms with Crippen molar-refractivity contribution < 1.29 is 4.79 Å². The first-order chi connectivity index (χ1) is 9.59. The van der Waals surface area contributed by atoms with Crippen molar-refractivity contribution in [3.05, 3.63) is 35.4 Å². The monoisotopic (exact) mass is 275 g/mol. The molecule has 1 aliphatic heterocycles. The fourth-order valence-corrected chi connectivity index (χ4v) is 2.68. The van der Waals surface area contributed by atoms with Crippen molar-refractivity contribution in [1.29, 1.82) is 0 Å². The third-order valence-corrected chi connectivity index (χ3v) is 3.82. The van der Waals surface area contributed by atoms with Crippen molar-refractivity contribution in [2.45, 2.75) is 25.9 Å². The van der Waals surface area contributed by atoms with E-state index in [0.29, 0.717) is 6.54 Å². The zero-order valence-corrected chi connectivity index (χ0v) is 12.7. The average Bonchev–Trinajstić information content (AvgIpc) is 2.76. The molecule has 1 amide bonds. The third-order valence-electron chi connectivity index (χ3n) is 3.82. The number of carbonyl (C=O) groups excluding carboxylic acids is 1. The molecule has 1 saturated heterocycles. The zero-order valence-electron chi connectivity index (χ0n) is 12.7. The van der Waals surface area contributed by atoms with Gasteiger partial charge in [-0.3, -0.25) is 10.1 Å². The minimum absolute atomic E-state index is 0.0445. The molecule has 1 unspecified atom stereocenters. The predicted molar refractivity (Wildman–Crippen MR) is 81.4 cm³/mol. The van der Waals surface area contributed by atoms with Crippen LogP contribution in [0.4, 0.5) is 0 Å². The number of hydrogen-bond donors (Lipinski definition) is 1. The lowest BCUT2D eigenvalue weighted by molar-refractivity contribution is -0.128. The fourth-order valence-electron chi connectivity index (χ4n) is 2.68. The van der Waals surface area contributed by atoms with Crippen LogP contribution < -0.4 is 5.32 Å². The Morgan fingerprint density at radius 2 is 2.05 bits per heavy atom. The van der Waals surface area contributed by atoms with Gasteiger partial charge in [0.05, 0.1) is 6.54 Å². The Balaban J connectivity index is 1.98. The second-order valence-electron chi connectivity index (χ2n) is 5.74. The molecular weight excluding hydrogens is 250 g/mol. The highest BCUT2D eigenvalue weighted by Gasteiger charge is 2.31. The highest BCUT2D eigenvalue weighted by atomic mass is 16.2. The molecule has 2 rings (SSSR count). The van der Waals surface area contributed by atoms with E-state index in [4.69, 9.17) is 0 Å². The molecule has 0 bridgehead atoms. The summed E-state index contributed by atoms with van der Waals surface area (Å²) >= 11 is 0. The normalized spacial score (nSPS) is 19.1. The first-order valence-corrected chi connectivity index (χ1v) is 7.32. The van der Waals surface area contributed by atoms with Crippen molar-refractivity contribution in [3.8, 4) is 0 Å². The lowest BCUT2D eigenvalue weighted by Crippen LogP contribution is -2.32. The Morgan fingerprint density at radius 3 is 2.75 bits per heavy atom. The van der Waals surface area contributed by atoms with E-state index in [0.717, 1.165) is 25.9 Å². The van der Waals surface area contributed by atoms with Crippen LogP contribution in [0.3, 0.4) is 0 Å². The standard InChI is InChI=1S/C16H25N3O/c1-13-8-4-5-9-14(13)16-17-12-15(20)19(16)11-7-6-10-18(2)3/h4-5,8-9,16-17H,6-7,10-12H2,1-3H3. The molecule has 20 heavy (non-hydrogen) atoms. The Labute approximate surface area is 121 Å². The summed E-state index contributed by atoms with van der Waals surface area (Å²) < 4.78 is 0. The van der Waals surface area contributed by atoms with Crippen LogP contribution in [0.2, 0.25) is 0 Å². The average molecular weight is 275 g/mol. The molecule has 0 aromatic heterocycles. The summed E-state index contributed by atoms with van der Waals surface area (Å²) in [6.07, 6.45) is 2.22. The van der Waals surface area contributed by atoms with Gasteiger partial charge in [0.15, 0.2) is 0 Å². The largest absolute Gasteiger partial charge is 0.322 e. The highest BCUT2D eigenvalue weighted by Crippen LogP contribution is 2.25. The van der Waals surface area contributed by atoms with E-state index in [-0.39, 0.29) is 12.1 Å². The Bertz CT molecular complexity index is 459. The lowest BCUT2D eigenvalue weighted by atomic mass is 10.1. The van der Waals surface area contributed by atoms with E-state index in [2.05, 4.69) is 43.4 Å². The van der Waals surface area contributed by atoms with Gasteiger partial charge in [-0.15, -0.1) is 0 Å². The van der Waals surface area contributed by atoms with Gasteiger partial charge in [-0.1, -0.05) is 24.3 Å². The summed E-state index contributed by atoms with van der Waals surface area (Å²) in [5, 5.41) is 3.33. The third kappa shape index (κ3) is 3.58. The fraction of sp³-hybridized carbons (Fsp3) is 0.562. The molecule has 0 radical (unpaired) electrons. The molecule has 1 heterocycles. The van der Waals surface area contributed by atoms with Crippen LogP contribution in [-0.2, 0) is 4.79 Å². The molecule has 1 aliphatic rings. The maximum atomic E-state index is 12.1. The van der Waals surface area contributed by atoms with E-state index < -0.39 is 0 Å². The summed E-state index contributed by atoms with van der Waals surface area (Å²) in [4.78, 5) is 16.2. The molecule has 0 aliphatic carbocycles. The summed E-state index contributed by atoms with van der Waals surface area (Å²) in [5.74, 6) is 0.211. The maximum Gasteiger partial charge on any atom is 0.238 e. The van der Waals surface area contributed by atoms with Gasteiger partial charge in [0.1, 0.15) is 6.17 Å². The summed E-state index contributed by atoms with van der Waals surface area (Å²) in [6.45, 7) is 4.46. The number of aryl methyl sites for hydroxylation is 1. The van der Waals surface area contributed by atoms with E-state index in [1.165, 1.54) is 11.1 Å². The topological polar surface area (TPSA) is 35.6 Å². The van der Waals surface area contributed by atoms with Crippen LogP contribution in [0, 0.1) is 6.92 Å². The summed E-state index contributed by atoms with van der Waals surface area (Å²) in [7, 11) is 4.16. The van der Waals surface area contributed by atoms with Crippen molar-refractivity contribution in [2.24, 2.45) is 0 Å². The molecule has 1 aromatic carbocycles. The molecule has 1 aromatic rings. The SMILES string of the molecule is Cc1ccccc1C1NCC(=O)N1CCCCN(C)C. The Kier molecular flexibility index (Phi) is 5.15. The smallest absolute Gasteiger partial charge is 0.238 e. The van der Waals surface area contributed by atoms with Crippen LogP contribution in [0.1, 0.15) is 30.1 Å². The van der Waals surface area contributed by atoms with Gasteiger partial charge in [0.2, 0.25) is 5.91 Å². The molecule has 4 nitrogen and oxygen atoms in total. The van der Waals surface area contributed by atoms with Crippen LogP contribution in [0.25, 0.3) is 0 Å². The molecule has 4 heteroatoms. The Morgan fingerprint density at radius 1 is 1.30 bits per heavy atom. The van der Waals surface area contributed by atoms with Crippen LogP contribution in [0.15, 0.2) is 24.3 Å². The second kappa shape index (κ2) is 6.86. The van der Waals surface area contributed by atoms with Gasteiger partial charge in [-0.05, 0) is 51.5 Å². The number of rotatable bonds is 6. The van der Waals surface area contributed by atoms with Crippen molar-refractivity contribution in [2.75, 3.05) is 33.7 Å².